The van der Waals surface area contributed by atoms with Crippen molar-refractivity contribution in [3.63, 3.8) is 0 Å². The van der Waals surface area contributed by atoms with Gasteiger partial charge in [-0.05, 0) is 64.2 Å². The number of carbonyl (C=O) groups excluding carboxylic acids is 2. The molecule has 6 heteroatoms. The number of esters is 1. The van der Waals surface area contributed by atoms with E-state index in [1.807, 2.05) is 6.08 Å². The Morgan fingerprint density at radius 2 is 0.562 bits per heavy atom. The van der Waals surface area contributed by atoms with E-state index in [9.17, 15) is 19.8 Å². The zero-order chi connectivity index (χ0) is 64.2. The molecule has 1 amide bonds. The van der Waals surface area contributed by atoms with Crippen LogP contribution in [0.25, 0.3) is 0 Å². The molecule has 0 bridgehead atoms. The minimum atomic E-state index is -0.844. The first-order valence-electron chi connectivity index (χ1n) is 40.8. The maximum atomic E-state index is 12.5. The lowest BCUT2D eigenvalue weighted by Crippen LogP contribution is -2.45. The minimum Gasteiger partial charge on any atom is -0.466 e. The second kappa shape index (κ2) is 78.5. The highest BCUT2D eigenvalue weighted by molar-refractivity contribution is 5.76. The summed E-state index contributed by atoms with van der Waals surface area (Å²) in [4.78, 5) is 24.6. The smallest absolute Gasteiger partial charge is 0.305 e. The standard InChI is InChI=1S/C83H159NO5/c1-3-5-7-9-11-13-15-17-18-19-20-21-39-42-45-48-52-55-59-63-67-71-75-81(86)80(79-85)84-82(87)76-72-68-64-60-56-53-49-46-43-40-37-35-33-31-29-27-25-23-22-24-26-28-30-32-34-36-38-41-44-47-50-54-58-62-66-70-74-78-89-83(88)77-73-69-65-61-57-51-16-14-12-10-8-6-4-2/h22,24,28,30,71,75,80-81,85-86H,3-21,23,25-27,29,31-70,72-74,76-79H2,1-2H3,(H,84,87)/b24-22-,30-28-,75-71+. The number of hydrogen-bond donors (Lipinski definition) is 3. The van der Waals surface area contributed by atoms with Gasteiger partial charge in [0.15, 0.2) is 0 Å². The normalized spacial score (nSPS) is 12.6. The molecular weight excluding hydrogens is 1090 g/mol. The lowest BCUT2D eigenvalue weighted by Gasteiger charge is -2.20. The molecule has 0 rings (SSSR count). The Hall–Kier alpha value is -1.92. The molecule has 2 atom stereocenters. The first kappa shape index (κ1) is 87.1. The van der Waals surface area contributed by atoms with Gasteiger partial charge < -0.3 is 20.3 Å². The molecule has 526 valence electrons. The molecule has 0 aliphatic carbocycles. The van der Waals surface area contributed by atoms with Gasteiger partial charge in [0.25, 0.3) is 0 Å². The Bertz CT molecular complexity index is 1440. The SMILES string of the molecule is CCCCCCCCCCCCCCCCCCCCCC/C=C/C(O)C(CO)NC(=O)CCCCCCCCCCCCCCCCCCC/C=C\C/C=C\CCCCCCCCCCCCCCCOC(=O)CCCCCCCCCCCCCCC. The summed E-state index contributed by atoms with van der Waals surface area (Å²) in [6, 6.07) is -0.627. The van der Waals surface area contributed by atoms with Crippen molar-refractivity contribution in [2.24, 2.45) is 0 Å². The first-order chi connectivity index (χ1) is 44.0. The number of unbranched alkanes of at least 4 members (excludes halogenated alkanes) is 62. The lowest BCUT2D eigenvalue weighted by molar-refractivity contribution is -0.143. The number of hydrogen-bond acceptors (Lipinski definition) is 5. The summed E-state index contributed by atoms with van der Waals surface area (Å²) in [5, 5.41) is 23.3. The number of allylic oxidation sites excluding steroid dienone is 5. The predicted octanol–water partition coefficient (Wildman–Crippen LogP) is 27.0. The molecule has 6 nitrogen and oxygen atoms in total. The van der Waals surface area contributed by atoms with Crippen molar-refractivity contribution < 1.29 is 24.5 Å². The van der Waals surface area contributed by atoms with Gasteiger partial charge in [-0.25, -0.2) is 0 Å². The number of aliphatic hydroxyl groups excluding tert-OH is 2. The minimum absolute atomic E-state index is 0.0208. The fraction of sp³-hybridized carbons (Fsp3) is 0.904. The van der Waals surface area contributed by atoms with Crippen molar-refractivity contribution in [1.29, 1.82) is 0 Å². The van der Waals surface area contributed by atoms with Gasteiger partial charge in [0, 0.05) is 12.8 Å². The van der Waals surface area contributed by atoms with Crippen molar-refractivity contribution in [3.8, 4) is 0 Å². The first-order valence-corrected chi connectivity index (χ1v) is 40.8. The van der Waals surface area contributed by atoms with Gasteiger partial charge in [0.1, 0.15) is 0 Å². The van der Waals surface area contributed by atoms with E-state index in [-0.39, 0.29) is 18.5 Å². The fourth-order valence-electron chi connectivity index (χ4n) is 13.0. The molecule has 0 saturated carbocycles. The van der Waals surface area contributed by atoms with Crippen LogP contribution in [0.5, 0.6) is 0 Å². The molecule has 0 aromatic carbocycles. The van der Waals surface area contributed by atoms with Crippen LogP contribution in [0.3, 0.4) is 0 Å². The molecule has 0 heterocycles. The molecule has 3 N–H and O–H groups in total. The molecular formula is C83H159NO5. The number of amides is 1. The van der Waals surface area contributed by atoms with Crippen LogP contribution < -0.4 is 5.32 Å². The van der Waals surface area contributed by atoms with E-state index in [1.54, 1.807) is 6.08 Å². The number of aliphatic hydroxyl groups is 2. The number of rotatable bonds is 77. The molecule has 0 aliphatic rings. The summed E-state index contributed by atoms with van der Waals surface area (Å²) in [6.07, 6.45) is 103. The Balaban J connectivity index is 3.38. The third kappa shape index (κ3) is 75.0. The highest BCUT2D eigenvalue weighted by Gasteiger charge is 2.18. The molecule has 0 saturated heterocycles. The van der Waals surface area contributed by atoms with Crippen LogP contribution in [0.2, 0.25) is 0 Å². The van der Waals surface area contributed by atoms with E-state index in [0.717, 1.165) is 44.9 Å². The number of nitrogens with one attached hydrogen (secondary N) is 1. The highest BCUT2D eigenvalue weighted by Crippen LogP contribution is 2.20. The van der Waals surface area contributed by atoms with Gasteiger partial charge in [-0.3, -0.25) is 9.59 Å². The average molecular weight is 1250 g/mol. The van der Waals surface area contributed by atoms with E-state index in [4.69, 9.17) is 4.74 Å². The van der Waals surface area contributed by atoms with Gasteiger partial charge in [-0.15, -0.1) is 0 Å². The number of ether oxygens (including phenoxy) is 1. The monoisotopic (exact) mass is 1250 g/mol. The zero-order valence-electron chi connectivity index (χ0n) is 60.4. The van der Waals surface area contributed by atoms with E-state index < -0.39 is 12.1 Å². The number of carbonyl (C=O) groups is 2. The van der Waals surface area contributed by atoms with Gasteiger partial charge in [-0.2, -0.15) is 0 Å². The summed E-state index contributed by atoms with van der Waals surface area (Å²) in [5.74, 6) is -0.0396. The highest BCUT2D eigenvalue weighted by atomic mass is 16.5. The van der Waals surface area contributed by atoms with Crippen LogP contribution in [0.1, 0.15) is 457 Å². The van der Waals surface area contributed by atoms with Crippen LogP contribution in [0.15, 0.2) is 36.5 Å². The molecule has 0 spiro atoms. The van der Waals surface area contributed by atoms with Crippen molar-refractivity contribution >= 4 is 11.9 Å². The van der Waals surface area contributed by atoms with Crippen molar-refractivity contribution in [3.05, 3.63) is 36.5 Å². The third-order valence-electron chi connectivity index (χ3n) is 19.2. The quantitative estimate of drug-likeness (QED) is 0.0320. The van der Waals surface area contributed by atoms with Crippen LogP contribution >= 0.6 is 0 Å². The second-order valence-corrected chi connectivity index (χ2v) is 28.1. The van der Waals surface area contributed by atoms with Crippen LogP contribution in [-0.2, 0) is 14.3 Å². The molecule has 0 radical (unpaired) electrons. The molecule has 0 aromatic rings. The Morgan fingerprint density at radius 1 is 0.315 bits per heavy atom. The second-order valence-electron chi connectivity index (χ2n) is 28.1. The van der Waals surface area contributed by atoms with E-state index >= 15 is 0 Å². The van der Waals surface area contributed by atoms with Crippen molar-refractivity contribution in [2.45, 2.75) is 469 Å². The predicted molar refractivity (Wildman–Crippen MR) is 393 cm³/mol. The maximum absolute atomic E-state index is 12.5. The summed E-state index contributed by atoms with van der Waals surface area (Å²) in [7, 11) is 0. The summed E-state index contributed by atoms with van der Waals surface area (Å²) in [6.45, 7) is 4.96. The molecule has 89 heavy (non-hydrogen) atoms. The molecule has 0 aliphatic heterocycles. The van der Waals surface area contributed by atoms with E-state index in [0.29, 0.717) is 19.4 Å². The van der Waals surface area contributed by atoms with Gasteiger partial charge >= 0.3 is 5.97 Å². The van der Waals surface area contributed by atoms with Gasteiger partial charge in [0.05, 0.1) is 25.4 Å². The van der Waals surface area contributed by atoms with E-state index in [2.05, 4.69) is 43.5 Å². The maximum Gasteiger partial charge on any atom is 0.305 e. The van der Waals surface area contributed by atoms with Crippen LogP contribution in [-0.4, -0.2) is 47.4 Å². The van der Waals surface area contributed by atoms with Crippen LogP contribution in [0.4, 0.5) is 0 Å². The Morgan fingerprint density at radius 3 is 0.854 bits per heavy atom. The van der Waals surface area contributed by atoms with E-state index in [1.165, 1.54) is 385 Å². The average Bonchev–Trinajstić information content (AvgIpc) is 3.68. The van der Waals surface area contributed by atoms with Crippen LogP contribution in [0, 0.1) is 0 Å². The van der Waals surface area contributed by atoms with Gasteiger partial charge in [-0.1, -0.05) is 416 Å². The zero-order valence-corrected chi connectivity index (χ0v) is 60.4. The van der Waals surface area contributed by atoms with Crippen molar-refractivity contribution in [1.82, 2.24) is 5.32 Å². The Kier molecular flexibility index (Phi) is 76.8. The molecule has 0 aromatic heterocycles. The third-order valence-corrected chi connectivity index (χ3v) is 19.2. The summed E-state index contributed by atoms with van der Waals surface area (Å²) < 4.78 is 5.49. The summed E-state index contributed by atoms with van der Waals surface area (Å²) in [5.41, 5.74) is 0. The topological polar surface area (TPSA) is 95.9 Å². The van der Waals surface area contributed by atoms with Crippen molar-refractivity contribution in [2.75, 3.05) is 13.2 Å². The fourth-order valence-corrected chi connectivity index (χ4v) is 13.0. The lowest BCUT2D eigenvalue weighted by atomic mass is 10.0. The molecule has 2 unspecified atom stereocenters. The Labute approximate surface area is 557 Å². The largest absolute Gasteiger partial charge is 0.466 e. The van der Waals surface area contributed by atoms with Gasteiger partial charge in [0.2, 0.25) is 5.91 Å². The summed E-state index contributed by atoms with van der Waals surface area (Å²) >= 11 is 0. The molecule has 0 fully saturated rings.